The van der Waals surface area contributed by atoms with E-state index in [1.54, 1.807) is 4.57 Å². The summed E-state index contributed by atoms with van der Waals surface area (Å²) in [6.07, 6.45) is 0.750. The number of piperidine rings is 1. The number of amides is 1. The normalized spacial score (nSPS) is 16.2. The van der Waals surface area contributed by atoms with Gasteiger partial charge in [-0.25, -0.2) is 12.8 Å². The molecular formula is C17H22FN5O3S2. The van der Waals surface area contributed by atoms with Crippen molar-refractivity contribution in [2.24, 2.45) is 5.92 Å². The van der Waals surface area contributed by atoms with Crippen molar-refractivity contribution >= 4 is 28.1 Å². The number of H-pyrrole nitrogens is 1. The number of benzene rings is 1. The molecule has 1 fully saturated rings. The number of nitrogens with one attached hydrogen (secondary N) is 2. The zero-order chi connectivity index (χ0) is 20.3. The van der Waals surface area contributed by atoms with Crippen molar-refractivity contribution in [3.63, 3.8) is 0 Å². The molecule has 0 atom stereocenters. The zero-order valence-electron chi connectivity index (χ0n) is 15.4. The van der Waals surface area contributed by atoms with Gasteiger partial charge in [-0.2, -0.15) is 9.40 Å². The van der Waals surface area contributed by atoms with Crippen LogP contribution in [0.2, 0.25) is 0 Å². The Balaban J connectivity index is 1.58. The van der Waals surface area contributed by atoms with Gasteiger partial charge in [0.2, 0.25) is 15.9 Å². The fourth-order valence-corrected chi connectivity index (χ4v) is 5.09. The lowest BCUT2D eigenvalue weighted by Crippen LogP contribution is -2.43. The van der Waals surface area contributed by atoms with Gasteiger partial charge in [-0.3, -0.25) is 9.89 Å². The quantitative estimate of drug-likeness (QED) is 0.685. The molecule has 0 bridgehead atoms. The molecule has 2 N–H and O–H groups in total. The van der Waals surface area contributed by atoms with Crippen LogP contribution in [0.15, 0.2) is 29.2 Å². The highest BCUT2D eigenvalue weighted by Crippen LogP contribution is 2.25. The largest absolute Gasteiger partial charge is 0.349 e. The minimum Gasteiger partial charge on any atom is -0.349 e. The summed E-state index contributed by atoms with van der Waals surface area (Å²) in [6.45, 7) is 3.16. The van der Waals surface area contributed by atoms with Crippen LogP contribution >= 0.6 is 12.2 Å². The van der Waals surface area contributed by atoms with Gasteiger partial charge < -0.3 is 9.88 Å². The molecule has 2 heterocycles. The predicted molar refractivity (Wildman–Crippen MR) is 103 cm³/mol. The highest BCUT2D eigenvalue weighted by Gasteiger charge is 2.33. The van der Waals surface area contributed by atoms with Crippen molar-refractivity contribution in [3.8, 4) is 0 Å². The van der Waals surface area contributed by atoms with E-state index in [9.17, 15) is 17.6 Å². The Morgan fingerprint density at radius 1 is 1.36 bits per heavy atom. The smallest absolute Gasteiger partial charge is 0.245 e. The average molecular weight is 428 g/mol. The Morgan fingerprint density at radius 3 is 2.68 bits per heavy atom. The molecule has 2 aromatic rings. The SMILES string of the molecule is CCn1c(CNC(=O)C2CCN(S(=O)(=O)c3ccccc3F)CC2)n[nH]c1=S. The van der Waals surface area contributed by atoms with Crippen LogP contribution in [-0.2, 0) is 27.9 Å². The van der Waals surface area contributed by atoms with Gasteiger partial charge in [0, 0.05) is 25.6 Å². The summed E-state index contributed by atoms with van der Waals surface area (Å²) in [4.78, 5) is 12.1. The number of nitrogens with zero attached hydrogens (tertiary/aromatic N) is 3. The van der Waals surface area contributed by atoms with Gasteiger partial charge >= 0.3 is 0 Å². The molecule has 1 aromatic carbocycles. The summed E-state index contributed by atoms with van der Waals surface area (Å²) >= 11 is 5.12. The third-order valence-electron chi connectivity index (χ3n) is 4.85. The van der Waals surface area contributed by atoms with Gasteiger partial charge in [-0.05, 0) is 44.1 Å². The molecule has 28 heavy (non-hydrogen) atoms. The lowest BCUT2D eigenvalue weighted by atomic mass is 9.97. The van der Waals surface area contributed by atoms with Crippen LogP contribution in [0.3, 0.4) is 0 Å². The Morgan fingerprint density at radius 2 is 2.04 bits per heavy atom. The summed E-state index contributed by atoms with van der Waals surface area (Å²) in [6, 6.07) is 5.31. The van der Waals surface area contributed by atoms with E-state index in [-0.39, 0.29) is 36.4 Å². The maximum absolute atomic E-state index is 13.9. The van der Waals surface area contributed by atoms with Crippen LogP contribution in [0.1, 0.15) is 25.6 Å². The second-order valence-electron chi connectivity index (χ2n) is 6.52. The molecule has 0 saturated carbocycles. The second kappa shape index (κ2) is 8.50. The summed E-state index contributed by atoms with van der Waals surface area (Å²) in [5, 5.41) is 9.63. The first-order chi connectivity index (χ1) is 13.3. The fraction of sp³-hybridized carbons (Fsp3) is 0.471. The van der Waals surface area contributed by atoms with Gasteiger partial charge in [-0.1, -0.05) is 12.1 Å². The maximum Gasteiger partial charge on any atom is 0.245 e. The third-order valence-corrected chi connectivity index (χ3v) is 7.10. The van der Waals surface area contributed by atoms with Crippen LogP contribution in [0.25, 0.3) is 0 Å². The molecule has 1 aliphatic heterocycles. The topological polar surface area (TPSA) is 100 Å². The number of sulfonamides is 1. The van der Waals surface area contributed by atoms with Crippen LogP contribution < -0.4 is 5.32 Å². The van der Waals surface area contributed by atoms with Gasteiger partial charge in [0.1, 0.15) is 10.7 Å². The van der Waals surface area contributed by atoms with E-state index < -0.39 is 15.8 Å². The van der Waals surface area contributed by atoms with Crippen LogP contribution in [-0.4, -0.2) is 46.5 Å². The van der Waals surface area contributed by atoms with E-state index in [0.717, 1.165) is 6.07 Å². The van der Waals surface area contributed by atoms with Crippen molar-refractivity contribution in [2.75, 3.05) is 13.1 Å². The van der Waals surface area contributed by atoms with E-state index >= 15 is 0 Å². The average Bonchev–Trinajstić information content (AvgIpc) is 3.06. The highest BCUT2D eigenvalue weighted by molar-refractivity contribution is 7.89. The van der Waals surface area contributed by atoms with Crippen molar-refractivity contribution in [1.29, 1.82) is 0 Å². The van der Waals surface area contributed by atoms with Crippen LogP contribution in [0, 0.1) is 16.5 Å². The van der Waals surface area contributed by atoms with Gasteiger partial charge in [0.05, 0.1) is 6.54 Å². The molecule has 0 spiro atoms. The number of carbonyl (C=O) groups is 1. The first-order valence-electron chi connectivity index (χ1n) is 9.01. The number of rotatable bonds is 6. The Labute approximate surface area is 167 Å². The molecule has 0 radical (unpaired) electrons. The molecule has 0 aliphatic carbocycles. The van der Waals surface area contributed by atoms with E-state index in [4.69, 9.17) is 12.2 Å². The molecule has 11 heteroatoms. The number of hydrogen-bond donors (Lipinski definition) is 2. The number of hydrogen-bond acceptors (Lipinski definition) is 5. The van der Waals surface area contributed by atoms with Gasteiger partial charge in [-0.15, -0.1) is 0 Å². The number of halogens is 1. The standard InChI is InChI=1S/C17H22FN5O3S2/c1-2-23-15(20-21-17(23)27)11-19-16(24)12-7-9-22(10-8-12)28(25,26)14-6-4-3-5-13(14)18/h3-6,12H,2,7-11H2,1H3,(H,19,24)(H,21,27). The zero-order valence-corrected chi connectivity index (χ0v) is 17.0. The summed E-state index contributed by atoms with van der Waals surface area (Å²) in [5.74, 6) is -0.587. The molecule has 3 rings (SSSR count). The molecule has 1 aliphatic rings. The Hall–Kier alpha value is -2.11. The lowest BCUT2D eigenvalue weighted by Gasteiger charge is -2.30. The number of aromatic nitrogens is 3. The summed E-state index contributed by atoms with van der Waals surface area (Å²) in [5.41, 5.74) is 0. The molecule has 1 amide bonds. The van der Waals surface area contributed by atoms with Crippen LogP contribution in [0.4, 0.5) is 4.39 Å². The predicted octanol–water partition coefficient (Wildman–Crippen LogP) is 1.82. The molecular weight excluding hydrogens is 405 g/mol. The third kappa shape index (κ3) is 4.15. The highest BCUT2D eigenvalue weighted by atomic mass is 32.2. The van der Waals surface area contributed by atoms with Gasteiger partial charge in [0.25, 0.3) is 0 Å². The first-order valence-corrected chi connectivity index (χ1v) is 10.9. The number of carbonyl (C=O) groups excluding carboxylic acids is 1. The van der Waals surface area contributed by atoms with Crippen molar-refractivity contribution in [2.45, 2.75) is 37.8 Å². The molecule has 8 nitrogen and oxygen atoms in total. The molecule has 152 valence electrons. The molecule has 0 unspecified atom stereocenters. The van der Waals surface area contributed by atoms with Crippen molar-refractivity contribution < 1.29 is 17.6 Å². The minimum atomic E-state index is -3.91. The van der Waals surface area contributed by atoms with E-state index in [2.05, 4.69) is 15.5 Å². The minimum absolute atomic E-state index is 0.153. The lowest BCUT2D eigenvalue weighted by molar-refractivity contribution is -0.126. The van der Waals surface area contributed by atoms with Crippen molar-refractivity contribution in [1.82, 2.24) is 24.4 Å². The summed E-state index contributed by atoms with van der Waals surface area (Å²) in [7, 11) is -3.91. The van der Waals surface area contributed by atoms with E-state index in [0.29, 0.717) is 30.0 Å². The van der Waals surface area contributed by atoms with Crippen molar-refractivity contribution in [3.05, 3.63) is 40.7 Å². The first kappa shape index (κ1) is 20.6. The van der Waals surface area contributed by atoms with Gasteiger partial charge in [0.15, 0.2) is 10.6 Å². The molecule has 1 saturated heterocycles. The molecule has 1 aromatic heterocycles. The van der Waals surface area contributed by atoms with E-state index in [1.807, 2.05) is 6.92 Å². The fourth-order valence-electron chi connectivity index (χ4n) is 3.27. The second-order valence-corrected chi connectivity index (χ2v) is 8.81. The Bertz CT molecular complexity index is 1010. The number of aromatic amines is 1. The van der Waals surface area contributed by atoms with E-state index in [1.165, 1.54) is 22.5 Å². The van der Waals surface area contributed by atoms with Crippen LogP contribution in [0.5, 0.6) is 0 Å². The monoisotopic (exact) mass is 427 g/mol. The maximum atomic E-state index is 13.9. The summed E-state index contributed by atoms with van der Waals surface area (Å²) < 4.78 is 42.7. The Kier molecular flexibility index (Phi) is 6.26.